The molecule has 31 heavy (non-hydrogen) atoms. The fraction of sp³-hybridized carbons (Fsp3) is 0.160. The standard InChI is InChI=1S/C25H24FNO4/c1-16(3-14-25(30)27-17(2)18-4-9-21(28)10-5-18)19-6-13-23(29)24(15-19)31-22-11-7-20(26)8-12-22/h3-17,28-29H,1-2H3,(H,27,30)/b14-3+. The molecule has 2 unspecified atom stereocenters. The summed E-state index contributed by atoms with van der Waals surface area (Å²) in [6, 6.07) is 16.9. The third kappa shape index (κ3) is 6.09. The second kappa shape index (κ2) is 9.80. The minimum absolute atomic E-state index is 0.0373. The van der Waals surface area contributed by atoms with Crippen LogP contribution in [0.2, 0.25) is 0 Å². The number of allylic oxidation sites excluding steroid dienone is 1. The molecular formula is C25H24FNO4. The molecule has 0 saturated carbocycles. The number of amides is 1. The molecule has 0 radical (unpaired) electrons. The van der Waals surface area contributed by atoms with Crippen molar-refractivity contribution in [1.82, 2.24) is 5.32 Å². The Balaban J connectivity index is 1.64. The number of halogens is 1. The van der Waals surface area contributed by atoms with Crippen molar-refractivity contribution >= 4 is 5.91 Å². The Hall–Kier alpha value is -3.80. The Morgan fingerprint density at radius 2 is 1.61 bits per heavy atom. The normalized spacial score (nSPS) is 13.0. The van der Waals surface area contributed by atoms with Crippen LogP contribution in [0.1, 0.15) is 36.9 Å². The van der Waals surface area contributed by atoms with Gasteiger partial charge in [0.05, 0.1) is 6.04 Å². The molecule has 6 heteroatoms. The van der Waals surface area contributed by atoms with Crippen molar-refractivity contribution in [2.75, 3.05) is 0 Å². The first-order chi connectivity index (χ1) is 14.8. The zero-order valence-corrected chi connectivity index (χ0v) is 17.2. The maximum absolute atomic E-state index is 13.1. The summed E-state index contributed by atoms with van der Waals surface area (Å²) < 4.78 is 18.7. The Bertz CT molecular complexity index is 1060. The summed E-state index contributed by atoms with van der Waals surface area (Å²) in [6.45, 7) is 3.78. The Labute approximate surface area is 180 Å². The maximum atomic E-state index is 13.1. The topological polar surface area (TPSA) is 78.8 Å². The van der Waals surface area contributed by atoms with E-state index >= 15 is 0 Å². The van der Waals surface area contributed by atoms with Crippen LogP contribution in [0.3, 0.4) is 0 Å². The van der Waals surface area contributed by atoms with E-state index in [1.165, 1.54) is 36.4 Å². The molecule has 3 aromatic carbocycles. The van der Waals surface area contributed by atoms with Crippen LogP contribution in [0, 0.1) is 5.82 Å². The number of aromatic hydroxyl groups is 2. The van der Waals surface area contributed by atoms with Crippen molar-refractivity contribution in [2.45, 2.75) is 25.8 Å². The first-order valence-electron chi connectivity index (χ1n) is 9.86. The number of ether oxygens (including phenoxy) is 1. The van der Waals surface area contributed by atoms with Crippen LogP contribution < -0.4 is 10.1 Å². The summed E-state index contributed by atoms with van der Waals surface area (Å²) in [7, 11) is 0. The van der Waals surface area contributed by atoms with Gasteiger partial charge in [-0.15, -0.1) is 0 Å². The van der Waals surface area contributed by atoms with Gasteiger partial charge in [0, 0.05) is 0 Å². The molecule has 0 spiro atoms. The van der Waals surface area contributed by atoms with E-state index in [0.29, 0.717) is 5.75 Å². The van der Waals surface area contributed by atoms with E-state index in [4.69, 9.17) is 4.74 Å². The van der Waals surface area contributed by atoms with Crippen molar-refractivity contribution in [3.8, 4) is 23.0 Å². The van der Waals surface area contributed by atoms with E-state index in [1.807, 2.05) is 13.8 Å². The molecule has 0 heterocycles. The number of rotatable bonds is 7. The zero-order valence-electron chi connectivity index (χ0n) is 17.2. The monoisotopic (exact) mass is 421 g/mol. The Kier molecular flexibility index (Phi) is 6.92. The first kappa shape index (κ1) is 21.9. The van der Waals surface area contributed by atoms with E-state index in [-0.39, 0.29) is 40.9 Å². The summed E-state index contributed by atoms with van der Waals surface area (Å²) in [6.07, 6.45) is 3.22. The Morgan fingerprint density at radius 1 is 0.968 bits per heavy atom. The number of carbonyl (C=O) groups excluding carboxylic acids is 1. The van der Waals surface area contributed by atoms with Gasteiger partial charge in [-0.05, 0) is 78.6 Å². The molecule has 0 bridgehead atoms. The van der Waals surface area contributed by atoms with Crippen LogP contribution in [-0.2, 0) is 4.79 Å². The molecule has 0 saturated heterocycles. The summed E-state index contributed by atoms with van der Waals surface area (Å²) in [5.41, 5.74) is 1.72. The maximum Gasteiger partial charge on any atom is 0.244 e. The van der Waals surface area contributed by atoms with Crippen LogP contribution in [0.5, 0.6) is 23.0 Å². The van der Waals surface area contributed by atoms with E-state index in [1.54, 1.807) is 42.5 Å². The minimum Gasteiger partial charge on any atom is -0.508 e. The highest BCUT2D eigenvalue weighted by Gasteiger charge is 2.11. The van der Waals surface area contributed by atoms with E-state index < -0.39 is 0 Å². The zero-order chi connectivity index (χ0) is 22.4. The molecule has 3 aromatic rings. The number of hydrogen-bond acceptors (Lipinski definition) is 4. The van der Waals surface area contributed by atoms with Gasteiger partial charge in [-0.3, -0.25) is 4.79 Å². The second-order valence-electron chi connectivity index (χ2n) is 7.25. The molecule has 160 valence electrons. The van der Waals surface area contributed by atoms with Gasteiger partial charge in [-0.25, -0.2) is 4.39 Å². The van der Waals surface area contributed by atoms with Crippen LogP contribution in [-0.4, -0.2) is 16.1 Å². The SMILES string of the molecule is CC(/C=C/C(=O)NC(C)c1ccc(O)cc1)c1ccc(O)c(Oc2ccc(F)cc2)c1. The molecule has 3 N–H and O–H groups in total. The number of carbonyl (C=O) groups is 1. The molecule has 0 fully saturated rings. The van der Waals surface area contributed by atoms with Gasteiger partial charge in [0.2, 0.25) is 5.91 Å². The molecule has 1 amide bonds. The number of nitrogens with one attached hydrogen (secondary N) is 1. The number of benzene rings is 3. The first-order valence-corrected chi connectivity index (χ1v) is 9.86. The van der Waals surface area contributed by atoms with Gasteiger partial charge in [0.1, 0.15) is 17.3 Å². The fourth-order valence-electron chi connectivity index (χ4n) is 2.98. The molecular weight excluding hydrogens is 397 g/mol. The molecule has 0 aliphatic rings. The van der Waals surface area contributed by atoms with Gasteiger partial charge < -0.3 is 20.3 Å². The van der Waals surface area contributed by atoms with Gasteiger partial charge >= 0.3 is 0 Å². The number of hydrogen-bond donors (Lipinski definition) is 3. The smallest absolute Gasteiger partial charge is 0.244 e. The fourth-order valence-corrected chi connectivity index (χ4v) is 2.98. The third-order valence-corrected chi connectivity index (χ3v) is 4.84. The summed E-state index contributed by atoms with van der Waals surface area (Å²) in [4.78, 5) is 12.3. The summed E-state index contributed by atoms with van der Waals surface area (Å²) >= 11 is 0. The van der Waals surface area contributed by atoms with E-state index in [2.05, 4.69) is 5.32 Å². The molecule has 0 aliphatic carbocycles. The Morgan fingerprint density at radius 3 is 2.29 bits per heavy atom. The van der Waals surface area contributed by atoms with Crippen molar-refractivity contribution in [2.24, 2.45) is 0 Å². The molecule has 3 rings (SSSR count). The average molecular weight is 421 g/mol. The van der Waals surface area contributed by atoms with Gasteiger partial charge in [0.15, 0.2) is 11.5 Å². The molecule has 0 aliphatic heterocycles. The molecule has 0 aromatic heterocycles. The van der Waals surface area contributed by atoms with Crippen molar-refractivity contribution < 1.29 is 24.1 Å². The summed E-state index contributed by atoms with van der Waals surface area (Å²) in [5.74, 6) is 0.0498. The highest BCUT2D eigenvalue weighted by Crippen LogP contribution is 2.34. The van der Waals surface area contributed by atoms with Crippen LogP contribution in [0.25, 0.3) is 0 Å². The van der Waals surface area contributed by atoms with Crippen LogP contribution >= 0.6 is 0 Å². The highest BCUT2D eigenvalue weighted by atomic mass is 19.1. The highest BCUT2D eigenvalue weighted by molar-refractivity contribution is 5.87. The lowest BCUT2D eigenvalue weighted by Crippen LogP contribution is -2.24. The lowest BCUT2D eigenvalue weighted by atomic mass is 10.00. The second-order valence-corrected chi connectivity index (χ2v) is 7.25. The third-order valence-electron chi connectivity index (χ3n) is 4.84. The van der Waals surface area contributed by atoms with E-state index in [9.17, 15) is 19.4 Å². The number of phenolic OH excluding ortho intramolecular Hbond substituents is 2. The minimum atomic E-state index is -0.373. The van der Waals surface area contributed by atoms with Gasteiger partial charge in [-0.1, -0.05) is 31.2 Å². The predicted octanol–water partition coefficient (Wildman–Crippen LogP) is 5.57. The molecule has 2 atom stereocenters. The molecule has 5 nitrogen and oxygen atoms in total. The van der Waals surface area contributed by atoms with Crippen LogP contribution in [0.4, 0.5) is 4.39 Å². The average Bonchev–Trinajstić information content (AvgIpc) is 2.75. The quantitative estimate of drug-likeness (QED) is 0.436. The van der Waals surface area contributed by atoms with E-state index in [0.717, 1.165) is 11.1 Å². The largest absolute Gasteiger partial charge is 0.508 e. The van der Waals surface area contributed by atoms with Crippen LogP contribution in [0.15, 0.2) is 78.9 Å². The predicted molar refractivity (Wildman–Crippen MR) is 117 cm³/mol. The lowest BCUT2D eigenvalue weighted by Gasteiger charge is -2.14. The number of phenols is 2. The lowest BCUT2D eigenvalue weighted by molar-refractivity contribution is -0.117. The van der Waals surface area contributed by atoms with Crippen molar-refractivity contribution in [3.63, 3.8) is 0 Å². The summed E-state index contributed by atoms with van der Waals surface area (Å²) in [5, 5.41) is 22.3. The van der Waals surface area contributed by atoms with Crippen molar-refractivity contribution in [3.05, 3.63) is 95.8 Å². The van der Waals surface area contributed by atoms with Gasteiger partial charge in [0.25, 0.3) is 0 Å². The van der Waals surface area contributed by atoms with Crippen molar-refractivity contribution in [1.29, 1.82) is 0 Å². The van der Waals surface area contributed by atoms with Gasteiger partial charge in [-0.2, -0.15) is 0 Å².